The van der Waals surface area contributed by atoms with Gasteiger partial charge in [0, 0.05) is 5.92 Å². The average molecular weight is 195 g/mol. The Kier molecular flexibility index (Phi) is 2.31. The fourth-order valence-electron chi connectivity index (χ4n) is 2.28. The summed E-state index contributed by atoms with van der Waals surface area (Å²) >= 11 is 0. The molecular weight excluding hydrogens is 178 g/mol. The lowest BCUT2D eigenvalue weighted by molar-refractivity contribution is 0.260. The van der Waals surface area contributed by atoms with Gasteiger partial charge in [0.15, 0.2) is 5.82 Å². The van der Waals surface area contributed by atoms with Crippen molar-refractivity contribution in [2.45, 2.75) is 45.6 Å². The fourth-order valence-corrected chi connectivity index (χ4v) is 2.28. The highest BCUT2D eigenvalue weighted by molar-refractivity contribution is 5.03. The van der Waals surface area contributed by atoms with Gasteiger partial charge in [0.25, 0.3) is 0 Å². The lowest BCUT2D eigenvalue weighted by Crippen LogP contribution is -2.15. The number of nitrogens with zero attached hydrogens (tertiary/aromatic N) is 2. The third kappa shape index (κ3) is 1.54. The van der Waals surface area contributed by atoms with E-state index in [2.05, 4.69) is 24.0 Å². The number of nitrogens with two attached hydrogens (primary N) is 1. The van der Waals surface area contributed by atoms with E-state index >= 15 is 0 Å². The van der Waals surface area contributed by atoms with Crippen LogP contribution in [0.1, 0.15) is 50.7 Å². The minimum Gasteiger partial charge on any atom is -0.339 e. The fraction of sp³-hybridized carbons (Fsp3) is 0.800. The predicted molar refractivity (Wildman–Crippen MR) is 52.6 cm³/mol. The quantitative estimate of drug-likeness (QED) is 0.781. The summed E-state index contributed by atoms with van der Waals surface area (Å²) in [6, 6.07) is 0. The van der Waals surface area contributed by atoms with Crippen molar-refractivity contribution in [2.75, 3.05) is 0 Å². The van der Waals surface area contributed by atoms with Crippen LogP contribution in [0.2, 0.25) is 0 Å². The molecule has 0 aromatic carbocycles. The molecule has 0 amide bonds. The molecule has 78 valence electrons. The van der Waals surface area contributed by atoms with Crippen molar-refractivity contribution in [3.8, 4) is 0 Å². The van der Waals surface area contributed by atoms with E-state index in [0.717, 1.165) is 12.3 Å². The van der Waals surface area contributed by atoms with Crippen molar-refractivity contribution < 1.29 is 4.52 Å². The molecule has 1 aromatic heterocycles. The van der Waals surface area contributed by atoms with E-state index in [4.69, 9.17) is 10.3 Å². The Hall–Kier alpha value is -0.900. The highest BCUT2D eigenvalue weighted by Crippen LogP contribution is 2.48. The maximum absolute atomic E-state index is 5.44. The van der Waals surface area contributed by atoms with E-state index in [1.54, 1.807) is 0 Å². The van der Waals surface area contributed by atoms with Gasteiger partial charge in [0.1, 0.15) is 0 Å². The van der Waals surface area contributed by atoms with Gasteiger partial charge in [-0.25, -0.2) is 0 Å². The summed E-state index contributed by atoms with van der Waals surface area (Å²) in [4.78, 5) is 4.30. The smallest absolute Gasteiger partial charge is 0.230 e. The first-order valence-corrected chi connectivity index (χ1v) is 5.16. The SMILES string of the molecule is CC1(C)CCCC1c1nc(CN)no1. The second-order valence-corrected chi connectivity index (χ2v) is 4.69. The van der Waals surface area contributed by atoms with Gasteiger partial charge in [-0.3, -0.25) is 0 Å². The minimum absolute atomic E-state index is 0.290. The standard InChI is InChI=1S/C10H17N3O/c1-10(2)5-3-4-7(10)9-12-8(6-11)13-14-9/h7H,3-6,11H2,1-2H3. The van der Waals surface area contributed by atoms with Crippen LogP contribution >= 0.6 is 0 Å². The Morgan fingerprint density at radius 2 is 2.36 bits per heavy atom. The maximum atomic E-state index is 5.44. The molecule has 1 atom stereocenters. The first kappa shape index (κ1) is 9.65. The molecule has 4 nitrogen and oxygen atoms in total. The Morgan fingerprint density at radius 3 is 2.86 bits per heavy atom. The zero-order chi connectivity index (χ0) is 10.2. The number of aromatic nitrogens is 2. The van der Waals surface area contributed by atoms with E-state index in [1.165, 1.54) is 12.8 Å². The topological polar surface area (TPSA) is 64.9 Å². The van der Waals surface area contributed by atoms with Crippen molar-refractivity contribution in [2.24, 2.45) is 11.1 Å². The molecule has 1 aliphatic carbocycles. The molecule has 0 saturated heterocycles. The number of hydrogen-bond donors (Lipinski definition) is 1. The minimum atomic E-state index is 0.290. The second-order valence-electron chi connectivity index (χ2n) is 4.69. The van der Waals surface area contributed by atoms with Crippen LogP contribution in [0.25, 0.3) is 0 Å². The van der Waals surface area contributed by atoms with Crippen LogP contribution in [0, 0.1) is 5.41 Å². The highest BCUT2D eigenvalue weighted by Gasteiger charge is 2.38. The Balaban J connectivity index is 2.22. The van der Waals surface area contributed by atoms with Crippen molar-refractivity contribution in [1.82, 2.24) is 10.1 Å². The van der Waals surface area contributed by atoms with Crippen molar-refractivity contribution >= 4 is 0 Å². The third-order valence-electron chi connectivity index (χ3n) is 3.22. The van der Waals surface area contributed by atoms with Crippen LogP contribution in [0.4, 0.5) is 0 Å². The largest absolute Gasteiger partial charge is 0.339 e. The molecule has 0 radical (unpaired) electrons. The molecule has 1 aromatic rings. The molecule has 1 unspecified atom stereocenters. The summed E-state index contributed by atoms with van der Waals surface area (Å²) in [5.74, 6) is 1.80. The Bertz CT molecular complexity index is 319. The lowest BCUT2D eigenvalue weighted by atomic mass is 9.82. The zero-order valence-electron chi connectivity index (χ0n) is 8.79. The van der Waals surface area contributed by atoms with Gasteiger partial charge in [-0.2, -0.15) is 4.98 Å². The first-order chi connectivity index (χ1) is 6.63. The molecule has 0 spiro atoms. The molecular formula is C10H17N3O. The Morgan fingerprint density at radius 1 is 1.57 bits per heavy atom. The molecule has 4 heteroatoms. The van der Waals surface area contributed by atoms with Crippen molar-refractivity contribution in [3.63, 3.8) is 0 Å². The molecule has 0 aliphatic heterocycles. The molecule has 1 aliphatic rings. The van der Waals surface area contributed by atoms with E-state index in [1.807, 2.05) is 0 Å². The summed E-state index contributed by atoms with van der Waals surface area (Å²) in [5, 5.41) is 3.83. The van der Waals surface area contributed by atoms with Gasteiger partial charge in [0.2, 0.25) is 5.89 Å². The monoisotopic (exact) mass is 195 g/mol. The van der Waals surface area contributed by atoms with Crippen LogP contribution in [-0.2, 0) is 6.54 Å². The number of hydrogen-bond acceptors (Lipinski definition) is 4. The third-order valence-corrected chi connectivity index (χ3v) is 3.22. The van der Waals surface area contributed by atoms with E-state index < -0.39 is 0 Å². The number of rotatable bonds is 2. The molecule has 14 heavy (non-hydrogen) atoms. The normalized spacial score (nSPS) is 25.5. The summed E-state index contributed by atoms with van der Waals surface area (Å²) < 4.78 is 5.23. The predicted octanol–water partition coefficient (Wildman–Crippen LogP) is 1.82. The lowest BCUT2D eigenvalue weighted by Gasteiger charge is -2.23. The van der Waals surface area contributed by atoms with Gasteiger partial charge in [-0.15, -0.1) is 0 Å². The first-order valence-electron chi connectivity index (χ1n) is 5.16. The highest BCUT2D eigenvalue weighted by atomic mass is 16.5. The molecule has 2 rings (SSSR count). The van der Waals surface area contributed by atoms with Gasteiger partial charge >= 0.3 is 0 Å². The van der Waals surface area contributed by atoms with Crippen LogP contribution in [-0.4, -0.2) is 10.1 Å². The van der Waals surface area contributed by atoms with Crippen LogP contribution in [0.5, 0.6) is 0 Å². The second kappa shape index (κ2) is 3.35. The average Bonchev–Trinajstić information content (AvgIpc) is 2.70. The summed E-state index contributed by atoms with van der Waals surface area (Å²) in [6.45, 7) is 4.88. The van der Waals surface area contributed by atoms with Gasteiger partial charge in [-0.1, -0.05) is 25.4 Å². The summed E-state index contributed by atoms with van der Waals surface area (Å²) in [5.41, 5.74) is 5.73. The van der Waals surface area contributed by atoms with Gasteiger partial charge in [0.05, 0.1) is 6.54 Å². The van der Waals surface area contributed by atoms with Crippen LogP contribution in [0.15, 0.2) is 4.52 Å². The van der Waals surface area contributed by atoms with E-state index in [-0.39, 0.29) is 0 Å². The molecule has 1 saturated carbocycles. The van der Waals surface area contributed by atoms with Crippen LogP contribution < -0.4 is 5.73 Å². The maximum Gasteiger partial charge on any atom is 0.230 e. The molecule has 1 heterocycles. The molecule has 0 bridgehead atoms. The van der Waals surface area contributed by atoms with Crippen LogP contribution in [0.3, 0.4) is 0 Å². The van der Waals surface area contributed by atoms with E-state index in [0.29, 0.717) is 23.7 Å². The Labute approximate surface area is 83.9 Å². The summed E-state index contributed by atoms with van der Waals surface area (Å²) in [6.07, 6.45) is 3.63. The zero-order valence-corrected chi connectivity index (χ0v) is 8.79. The van der Waals surface area contributed by atoms with Crippen molar-refractivity contribution in [1.29, 1.82) is 0 Å². The molecule has 1 fully saturated rings. The van der Waals surface area contributed by atoms with Gasteiger partial charge in [-0.05, 0) is 18.3 Å². The van der Waals surface area contributed by atoms with E-state index in [9.17, 15) is 0 Å². The van der Waals surface area contributed by atoms with Crippen molar-refractivity contribution in [3.05, 3.63) is 11.7 Å². The molecule has 2 N–H and O–H groups in total. The summed E-state index contributed by atoms with van der Waals surface area (Å²) in [7, 11) is 0. The van der Waals surface area contributed by atoms with Gasteiger partial charge < -0.3 is 10.3 Å².